The van der Waals surface area contributed by atoms with Crippen molar-refractivity contribution >= 4 is 15.9 Å². The Hall–Kier alpha value is -0.0800. The maximum atomic E-state index is 3.64. The van der Waals surface area contributed by atoms with Crippen LogP contribution in [0, 0.1) is 0 Å². The van der Waals surface area contributed by atoms with Crippen molar-refractivity contribution in [1.29, 1.82) is 0 Å². The van der Waals surface area contributed by atoms with Crippen molar-refractivity contribution in [3.63, 3.8) is 0 Å². The Morgan fingerprint density at radius 3 is 1.93 bits per heavy atom. The fraction of sp³-hybridized carbons (Fsp3) is 0.692. The topological polar surface area (TPSA) is 12.0 Å². The molecular formula is C13H26BrN. The SMILES string of the molecule is C=CCCCCBr.C=CCCCCNC. The van der Waals surface area contributed by atoms with E-state index in [9.17, 15) is 0 Å². The molecular weight excluding hydrogens is 250 g/mol. The monoisotopic (exact) mass is 275 g/mol. The normalized spacial score (nSPS) is 8.93. The first-order chi connectivity index (χ1) is 7.33. The smallest absolute Gasteiger partial charge is 0.00314 e. The van der Waals surface area contributed by atoms with Gasteiger partial charge >= 0.3 is 0 Å². The molecule has 0 bridgehead atoms. The van der Waals surface area contributed by atoms with Crippen LogP contribution in [0.25, 0.3) is 0 Å². The van der Waals surface area contributed by atoms with E-state index in [-0.39, 0.29) is 0 Å². The van der Waals surface area contributed by atoms with Gasteiger partial charge in [-0.3, -0.25) is 0 Å². The lowest BCUT2D eigenvalue weighted by molar-refractivity contribution is 0.685. The lowest BCUT2D eigenvalue weighted by Gasteiger charge is -1.93. The van der Waals surface area contributed by atoms with Gasteiger partial charge in [0.05, 0.1) is 0 Å². The molecule has 90 valence electrons. The van der Waals surface area contributed by atoms with Gasteiger partial charge in [-0.05, 0) is 52.1 Å². The maximum Gasteiger partial charge on any atom is 0.00314 e. The van der Waals surface area contributed by atoms with Crippen LogP contribution in [0.15, 0.2) is 25.3 Å². The number of halogens is 1. The largest absolute Gasteiger partial charge is 0.320 e. The summed E-state index contributed by atoms with van der Waals surface area (Å²) in [6.45, 7) is 8.39. The average Bonchev–Trinajstić information content (AvgIpc) is 2.26. The minimum atomic E-state index is 1.13. The molecule has 0 aromatic heterocycles. The molecule has 0 aromatic rings. The summed E-state index contributed by atoms with van der Waals surface area (Å²) in [7, 11) is 1.98. The lowest BCUT2D eigenvalue weighted by atomic mass is 10.2. The van der Waals surface area contributed by atoms with E-state index < -0.39 is 0 Å². The third-order valence-electron chi connectivity index (χ3n) is 1.88. The van der Waals surface area contributed by atoms with Crippen molar-refractivity contribution in [3.05, 3.63) is 25.3 Å². The highest BCUT2D eigenvalue weighted by Gasteiger charge is 1.80. The van der Waals surface area contributed by atoms with Crippen LogP contribution < -0.4 is 5.32 Å². The molecule has 0 atom stereocenters. The third-order valence-corrected chi connectivity index (χ3v) is 2.44. The van der Waals surface area contributed by atoms with Crippen LogP contribution >= 0.6 is 15.9 Å². The molecule has 0 amide bonds. The second kappa shape index (κ2) is 19.5. The molecule has 1 nitrogen and oxygen atoms in total. The Balaban J connectivity index is 0. The van der Waals surface area contributed by atoms with Crippen LogP contribution in [-0.2, 0) is 0 Å². The van der Waals surface area contributed by atoms with Gasteiger partial charge in [-0.2, -0.15) is 0 Å². The Labute approximate surface area is 104 Å². The van der Waals surface area contributed by atoms with E-state index in [1.807, 2.05) is 19.2 Å². The molecule has 2 heteroatoms. The predicted octanol–water partition coefficient (Wildman–Crippen LogP) is 4.30. The molecule has 0 unspecified atom stereocenters. The van der Waals surface area contributed by atoms with Gasteiger partial charge in [-0.15, -0.1) is 13.2 Å². The first-order valence-corrected chi connectivity index (χ1v) is 6.88. The number of unbranched alkanes of at least 4 members (excludes halogenated alkanes) is 4. The zero-order valence-corrected chi connectivity index (χ0v) is 11.7. The van der Waals surface area contributed by atoms with E-state index in [0.29, 0.717) is 0 Å². The van der Waals surface area contributed by atoms with Gasteiger partial charge in [0, 0.05) is 5.33 Å². The summed E-state index contributed by atoms with van der Waals surface area (Å²) in [4.78, 5) is 0. The third kappa shape index (κ3) is 24.9. The Morgan fingerprint density at radius 1 is 1.00 bits per heavy atom. The minimum Gasteiger partial charge on any atom is -0.320 e. The molecule has 0 fully saturated rings. The Bertz CT molecular complexity index is 124. The molecule has 0 saturated heterocycles. The van der Waals surface area contributed by atoms with Gasteiger partial charge in [-0.25, -0.2) is 0 Å². The summed E-state index contributed by atoms with van der Waals surface area (Å²) in [5.74, 6) is 0. The van der Waals surface area contributed by atoms with Crippen molar-refractivity contribution in [2.24, 2.45) is 0 Å². The molecule has 1 N–H and O–H groups in total. The fourth-order valence-electron chi connectivity index (χ4n) is 0.974. The standard InChI is InChI=1S/C7H15N.C6H11Br/c1-3-4-5-6-7-8-2;1-2-3-4-5-6-7/h3,8H,1,4-7H2,2H3;2H,1,3-6H2. The number of hydrogen-bond donors (Lipinski definition) is 1. The average molecular weight is 276 g/mol. The molecule has 15 heavy (non-hydrogen) atoms. The lowest BCUT2D eigenvalue weighted by Crippen LogP contribution is -2.06. The zero-order valence-electron chi connectivity index (χ0n) is 10.1. The Kier molecular flexibility index (Phi) is 22.5. The van der Waals surface area contributed by atoms with Crippen molar-refractivity contribution in [2.75, 3.05) is 18.9 Å². The highest BCUT2D eigenvalue weighted by atomic mass is 79.9. The quantitative estimate of drug-likeness (QED) is 0.376. The summed E-state index contributed by atoms with van der Waals surface area (Å²) in [6, 6.07) is 0. The van der Waals surface area contributed by atoms with Crippen LogP contribution in [0.4, 0.5) is 0 Å². The summed E-state index contributed by atoms with van der Waals surface area (Å²) in [5.41, 5.74) is 0. The first-order valence-electron chi connectivity index (χ1n) is 5.75. The van der Waals surface area contributed by atoms with Crippen molar-refractivity contribution in [2.45, 2.75) is 38.5 Å². The molecule has 0 heterocycles. The molecule has 0 saturated carbocycles. The Morgan fingerprint density at radius 2 is 1.53 bits per heavy atom. The molecule has 0 aliphatic carbocycles. The van der Waals surface area contributed by atoms with Gasteiger partial charge in [0.25, 0.3) is 0 Å². The molecule has 0 spiro atoms. The van der Waals surface area contributed by atoms with Gasteiger partial charge < -0.3 is 5.32 Å². The van der Waals surface area contributed by atoms with E-state index in [1.54, 1.807) is 0 Å². The van der Waals surface area contributed by atoms with Crippen LogP contribution in [0.5, 0.6) is 0 Å². The molecule has 0 aliphatic heterocycles. The van der Waals surface area contributed by atoms with E-state index in [2.05, 4.69) is 34.4 Å². The van der Waals surface area contributed by atoms with Gasteiger partial charge in [-0.1, -0.05) is 28.1 Å². The number of rotatable bonds is 9. The number of allylic oxidation sites excluding steroid dienone is 2. The summed E-state index contributed by atoms with van der Waals surface area (Å²) < 4.78 is 0. The fourth-order valence-corrected chi connectivity index (χ4v) is 1.37. The second-order valence-electron chi connectivity index (χ2n) is 3.36. The number of nitrogens with one attached hydrogen (secondary N) is 1. The first kappa shape index (κ1) is 17.3. The second-order valence-corrected chi connectivity index (χ2v) is 4.15. The summed E-state index contributed by atoms with van der Waals surface area (Å²) >= 11 is 3.35. The highest BCUT2D eigenvalue weighted by Crippen LogP contribution is 1.97. The van der Waals surface area contributed by atoms with E-state index >= 15 is 0 Å². The number of hydrogen-bond acceptors (Lipinski definition) is 1. The zero-order chi connectivity index (χ0) is 11.8. The molecule has 0 aromatic carbocycles. The summed E-state index contributed by atoms with van der Waals surface area (Å²) in [5, 5.41) is 4.22. The van der Waals surface area contributed by atoms with E-state index in [1.165, 1.54) is 25.7 Å². The minimum absolute atomic E-state index is 1.13. The number of alkyl halides is 1. The van der Waals surface area contributed by atoms with Crippen molar-refractivity contribution in [3.8, 4) is 0 Å². The van der Waals surface area contributed by atoms with Crippen molar-refractivity contribution < 1.29 is 0 Å². The van der Waals surface area contributed by atoms with Crippen LogP contribution in [-0.4, -0.2) is 18.9 Å². The van der Waals surface area contributed by atoms with Gasteiger partial charge in [0.15, 0.2) is 0 Å². The van der Waals surface area contributed by atoms with E-state index in [4.69, 9.17) is 0 Å². The van der Waals surface area contributed by atoms with E-state index in [0.717, 1.165) is 24.7 Å². The van der Waals surface area contributed by atoms with Gasteiger partial charge in [0.1, 0.15) is 0 Å². The predicted molar refractivity (Wildman–Crippen MR) is 75.8 cm³/mol. The van der Waals surface area contributed by atoms with Crippen LogP contribution in [0.2, 0.25) is 0 Å². The van der Waals surface area contributed by atoms with Crippen LogP contribution in [0.3, 0.4) is 0 Å². The summed E-state index contributed by atoms with van der Waals surface area (Å²) in [6.07, 6.45) is 11.3. The molecule has 0 aliphatic rings. The molecule has 0 rings (SSSR count). The van der Waals surface area contributed by atoms with Crippen LogP contribution in [0.1, 0.15) is 38.5 Å². The molecule has 0 radical (unpaired) electrons. The van der Waals surface area contributed by atoms with Crippen molar-refractivity contribution in [1.82, 2.24) is 5.32 Å². The van der Waals surface area contributed by atoms with Gasteiger partial charge in [0.2, 0.25) is 0 Å². The maximum absolute atomic E-state index is 3.64. The highest BCUT2D eigenvalue weighted by molar-refractivity contribution is 9.09.